The van der Waals surface area contributed by atoms with Crippen molar-refractivity contribution in [2.45, 2.75) is 32.9 Å². The van der Waals surface area contributed by atoms with Gasteiger partial charge in [-0.2, -0.15) is 0 Å². The van der Waals surface area contributed by atoms with Gasteiger partial charge >= 0.3 is 0 Å². The topological polar surface area (TPSA) is 99.7 Å². The molecule has 178 valence electrons. The quantitative estimate of drug-likeness (QED) is 0.553. The molecular formula is C26H24N4O4S. The summed E-state index contributed by atoms with van der Waals surface area (Å²) in [5.41, 5.74) is 2.10. The van der Waals surface area contributed by atoms with Gasteiger partial charge in [0.1, 0.15) is 6.04 Å². The summed E-state index contributed by atoms with van der Waals surface area (Å²) in [6.45, 7) is 4.56. The molecule has 8 nitrogen and oxygen atoms in total. The highest BCUT2D eigenvalue weighted by Gasteiger charge is 2.44. The molecule has 9 heteroatoms. The number of aromatic nitrogens is 1. The highest BCUT2D eigenvalue weighted by Crippen LogP contribution is 2.31. The normalized spacial score (nSPS) is 15.7. The minimum Gasteiger partial charge on any atom is -0.333 e. The van der Waals surface area contributed by atoms with E-state index in [9.17, 15) is 19.2 Å². The summed E-state index contributed by atoms with van der Waals surface area (Å²) in [7, 11) is 0. The molecule has 0 saturated heterocycles. The van der Waals surface area contributed by atoms with Gasteiger partial charge < -0.3 is 10.2 Å². The third-order valence-electron chi connectivity index (χ3n) is 6.27. The van der Waals surface area contributed by atoms with Crippen molar-refractivity contribution in [3.8, 4) is 0 Å². The van der Waals surface area contributed by atoms with E-state index in [1.54, 1.807) is 55.1 Å². The van der Waals surface area contributed by atoms with Gasteiger partial charge in [-0.1, -0.05) is 55.5 Å². The monoisotopic (exact) mass is 488 g/mol. The van der Waals surface area contributed by atoms with Crippen LogP contribution in [0.1, 0.15) is 55.5 Å². The number of amides is 4. The Hall–Kier alpha value is -3.85. The summed E-state index contributed by atoms with van der Waals surface area (Å²) in [6, 6.07) is 14.8. The largest absolute Gasteiger partial charge is 0.333 e. The SMILES string of the molecule is CC(C)C(C(=O)Nc1nc2c(s1)CN(C(=O)c1ccccc1)CC2)N1C(=O)c2ccccc2C1=O. The van der Waals surface area contributed by atoms with E-state index in [2.05, 4.69) is 10.3 Å². The van der Waals surface area contributed by atoms with Crippen LogP contribution in [0.15, 0.2) is 54.6 Å². The van der Waals surface area contributed by atoms with Crippen molar-refractivity contribution in [3.05, 3.63) is 81.9 Å². The third-order valence-corrected chi connectivity index (χ3v) is 7.27. The fourth-order valence-electron chi connectivity index (χ4n) is 4.54. The van der Waals surface area contributed by atoms with E-state index in [1.165, 1.54) is 11.3 Å². The van der Waals surface area contributed by atoms with Crippen molar-refractivity contribution in [2.75, 3.05) is 11.9 Å². The predicted molar refractivity (Wildman–Crippen MR) is 131 cm³/mol. The van der Waals surface area contributed by atoms with E-state index in [1.807, 2.05) is 18.2 Å². The molecular weight excluding hydrogens is 464 g/mol. The van der Waals surface area contributed by atoms with Crippen LogP contribution >= 0.6 is 11.3 Å². The van der Waals surface area contributed by atoms with E-state index in [0.29, 0.717) is 41.3 Å². The number of carbonyl (C=O) groups is 4. The second-order valence-corrected chi connectivity index (χ2v) is 10.0. The number of thiazole rings is 1. The zero-order valence-electron chi connectivity index (χ0n) is 19.4. The van der Waals surface area contributed by atoms with Gasteiger partial charge in [0.25, 0.3) is 17.7 Å². The first kappa shape index (κ1) is 22.9. The summed E-state index contributed by atoms with van der Waals surface area (Å²) in [5.74, 6) is -1.73. The van der Waals surface area contributed by atoms with Crippen LogP contribution in [0.3, 0.4) is 0 Å². The number of rotatable bonds is 5. The molecule has 0 fully saturated rings. The first-order valence-corrected chi connectivity index (χ1v) is 12.3. The van der Waals surface area contributed by atoms with E-state index < -0.39 is 23.8 Å². The minimum absolute atomic E-state index is 0.0410. The lowest BCUT2D eigenvalue weighted by Crippen LogP contribution is -2.50. The fourth-order valence-corrected chi connectivity index (χ4v) is 5.57. The van der Waals surface area contributed by atoms with Gasteiger partial charge in [0.05, 0.1) is 23.4 Å². The molecule has 0 saturated carbocycles. The van der Waals surface area contributed by atoms with Crippen molar-refractivity contribution in [1.82, 2.24) is 14.8 Å². The number of nitrogens with one attached hydrogen (secondary N) is 1. The Morgan fingerprint density at radius 1 is 0.971 bits per heavy atom. The first-order chi connectivity index (χ1) is 16.8. The van der Waals surface area contributed by atoms with Crippen molar-refractivity contribution in [1.29, 1.82) is 0 Å². The first-order valence-electron chi connectivity index (χ1n) is 11.5. The average Bonchev–Trinajstić information content (AvgIpc) is 3.37. The van der Waals surface area contributed by atoms with Crippen molar-refractivity contribution < 1.29 is 19.2 Å². The van der Waals surface area contributed by atoms with Crippen molar-refractivity contribution >= 4 is 40.1 Å². The molecule has 5 rings (SSSR count). The Morgan fingerprint density at radius 2 is 1.60 bits per heavy atom. The maximum atomic E-state index is 13.3. The minimum atomic E-state index is -0.973. The predicted octanol–water partition coefficient (Wildman–Crippen LogP) is 3.60. The molecule has 3 heterocycles. The zero-order chi connectivity index (χ0) is 24.7. The summed E-state index contributed by atoms with van der Waals surface area (Å²) < 4.78 is 0. The molecule has 1 N–H and O–H groups in total. The van der Waals surface area contributed by atoms with Gasteiger partial charge in [-0.3, -0.25) is 24.1 Å². The van der Waals surface area contributed by atoms with Gasteiger partial charge in [-0.05, 0) is 30.2 Å². The van der Waals surface area contributed by atoms with Gasteiger partial charge in [-0.15, -0.1) is 0 Å². The second kappa shape index (κ2) is 9.07. The molecule has 2 aliphatic heterocycles. The van der Waals surface area contributed by atoms with Crippen LogP contribution in [0.4, 0.5) is 5.13 Å². The van der Waals surface area contributed by atoms with Crippen LogP contribution in [0.5, 0.6) is 0 Å². The van der Waals surface area contributed by atoms with Crippen LogP contribution < -0.4 is 5.32 Å². The number of imide groups is 1. The summed E-state index contributed by atoms with van der Waals surface area (Å²) in [6.07, 6.45) is 0.590. The highest BCUT2D eigenvalue weighted by atomic mass is 32.1. The van der Waals surface area contributed by atoms with Crippen LogP contribution in [0.2, 0.25) is 0 Å². The lowest BCUT2D eigenvalue weighted by molar-refractivity contribution is -0.121. The number of carbonyl (C=O) groups excluding carboxylic acids is 4. The van der Waals surface area contributed by atoms with Gasteiger partial charge in [0.2, 0.25) is 5.91 Å². The molecule has 4 amide bonds. The lowest BCUT2D eigenvalue weighted by atomic mass is 10.0. The molecule has 1 aromatic heterocycles. The molecule has 1 unspecified atom stereocenters. The molecule has 0 spiro atoms. The Labute approximate surface area is 206 Å². The Kier molecular flexibility index (Phi) is 5.94. The van der Waals surface area contributed by atoms with E-state index in [4.69, 9.17) is 0 Å². The zero-order valence-corrected chi connectivity index (χ0v) is 20.2. The van der Waals surface area contributed by atoms with Gasteiger partial charge in [-0.25, -0.2) is 4.98 Å². The maximum absolute atomic E-state index is 13.3. The van der Waals surface area contributed by atoms with E-state index in [0.717, 1.165) is 15.5 Å². The summed E-state index contributed by atoms with van der Waals surface area (Å²) in [4.78, 5) is 60.4. The third kappa shape index (κ3) is 4.12. The number of fused-ring (bicyclic) bond motifs is 2. The fraction of sp³-hybridized carbons (Fsp3) is 0.269. The van der Waals surface area contributed by atoms with Crippen LogP contribution in [-0.2, 0) is 17.8 Å². The summed E-state index contributed by atoms with van der Waals surface area (Å²) >= 11 is 1.32. The smallest absolute Gasteiger partial charge is 0.262 e. The molecule has 2 aromatic carbocycles. The number of hydrogen-bond donors (Lipinski definition) is 1. The Balaban J connectivity index is 1.32. The van der Waals surface area contributed by atoms with Crippen LogP contribution in [0, 0.1) is 5.92 Å². The average molecular weight is 489 g/mol. The Bertz CT molecular complexity index is 1300. The molecule has 2 aliphatic rings. The standard InChI is InChI=1S/C26H24N4O4S/c1-15(2)21(30-24(33)17-10-6-7-11-18(17)25(30)34)22(31)28-26-27-19-12-13-29(14-20(19)35-26)23(32)16-8-4-3-5-9-16/h3-11,15,21H,12-14H2,1-2H3,(H,27,28,31). The number of benzene rings is 2. The Morgan fingerprint density at radius 3 is 2.23 bits per heavy atom. The number of nitrogens with zero attached hydrogens (tertiary/aromatic N) is 3. The van der Waals surface area contributed by atoms with Gasteiger partial charge in [0, 0.05) is 23.4 Å². The van der Waals surface area contributed by atoms with E-state index in [-0.39, 0.29) is 11.8 Å². The maximum Gasteiger partial charge on any atom is 0.262 e. The van der Waals surface area contributed by atoms with Gasteiger partial charge in [0.15, 0.2) is 5.13 Å². The molecule has 0 aliphatic carbocycles. The molecule has 0 radical (unpaired) electrons. The van der Waals surface area contributed by atoms with Crippen LogP contribution in [0.25, 0.3) is 0 Å². The second-order valence-electron chi connectivity index (χ2n) is 8.94. The highest BCUT2D eigenvalue weighted by molar-refractivity contribution is 7.15. The van der Waals surface area contributed by atoms with Crippen molar-refractivity contribution in [3.63, 3.8) is 0 Å². The molecule has 3 aromatic rings. The summed E-state index contributed by atoms with van der Waals surface area (Å²) in [5, 5.41) is 3.22. The number of anilines is 1. The van der Waals surface area contributed by atoms with E-state index >= 15 is 0 Å². The lowest BCUT2D eigenvalue weighted by Gasteiger charge is -2.27. The molecule has 0 bridgehead atoms. The number of hydrogen-bond acceptors (Lipinski definition) is 6. The molecule has 1 atom stereocenters. The van der Waals surface area contributed by atoms with Crippen LogP contribution in [-0.4, -0.2) is 51.0 Å². The van der Waals surface area contributed by atoms with Crippen molar-refractivity contribution in [2.24, 2.45) is 5.92 Å². The molecule has 35 heavy (non-hydrogen) atoms.